The molecule has 2 aromatic carbocycles. The molecule has 2 nitrogen and oxygen atoms in total. The lowest BCUT2D eigenvalue weighted by molar-refractivity contribution is 0.0736. The summed E-state index contributed by atoms with van der Waals surface area (Å²) in [4.78, 5) is 14.4. The van der Waals surface area contributed by atoms with Crippen LogP contribution in [0.5, 0.6) is 0 Å². The van der Waals surface area contributed by atoms with E-state index in [1.807, 2.05) is 53.4 Å². The highest BCUT2D eigenvalue weighted by molar-refractivity contribution is 5.98. The summed E-state index contributed by atoms with van der Waals surface area (Å²) in [6, 6.07) is 16.0. The second kappa shape index (κ2) is 4.97. The molecule has 0 bridgehead atoms. The summed E-state index contributed by atoms with van der Waals surface area (Å²) in [7, 11) is 0. The molecular weight excluding hydrogens is 246 g/mol. The van der Waals surface area contributed by atoms with Crippen LogP contribution in [0.15, 0.2) is 61.2 Å². The van der Waals surface area contributed by atoms with Crippen molar-refractivity contribution in [1.29, 1.82) is 0 Å². The Bertz CT molecular complexity index is 660. The zero-order valence-electron chi connectivity index (χ0n) is 11.5. The molecule has 1 unspecified atom stereocenters. The SMILES string of the molecule is C=CC(c1ccccc1)N1Cc2cc(C)ccc2C1=O. The maximum absolute atomic E-state index is 12.6. The van der Waals surface area contributed by atoms with Gasteiger partial charge in [0.05, 0.1) is 6.04 Å². The third-order valence-corrected chi connectivity index (χ3v) is 3.79. The Labute approximate surface area is 119 Å². The number of carbonyl (C=O) groups is 1. The van der Waals surface area contributed by atoms with Gasteiger partial charge < -0.3 is 4.90 Å². The smallest absolute Gasteiger partial charge is 0.255 e. The summed E-state index contributed by atoms with van der Waals surface area (Å²) in [6.07, 6.45) is 1.84. The topological polar surface area (TPSA) is 20.3 Å². The van der Waals surface area contributed by atoms with Gasteiger partial charge in [0.15, 0.2) is 0 Å². The van der Waals surface area contributed by atoms with E-state index >= 15 is 0 Å². The number of nitrogens with zero attached hydrogens (tertiary/aromatic N) is 1. The number of carbonyl (C=O) groups excluding carboxylic acids is 1. The number of fused-ring (bicyclic) bond motifs is 1. The second-order valence-electron chi connectivity index (χ2n) is 5.18. The summed E-state index contributed by atoms with van der Waals surface area (Å²) in [5.74, 6) is 0.0914. The maximum atomic E-state index is 12.6. The van der Waals surface area contributed by atoms with E-state index in [0.717, 1.165) is 16.7 Å². The van der Waals surface area contributed by atoms with Crippen LogP contribution in [-0.4, -0.2) is 10.8 Å². The minimum Gasteiger partial charge on any atom is -0.324 e. The fourth-order valence-electron chi connectivity index (χ4n) is 2.79. The Hall–Kier alpha value is -2.35. The molecule has 1 atom stereocenters. The summed E-state index contributed by atoms with van der Waals surface area (Å²) >= 11 is 0. The molecule has 0 radical (unpaired) electrons. The van der Waals surface area contributed by atoms with Crippen molar-refractivity contribution in [3.05, 3.63) is 83.4 Å². The Balaban J connectivity index is 1.96. The number of rotatable bonds is 3. The van der Waals surface area contributed by atoms with E-state index in [0.29, 0.717) is 6.54 Å². The quantitative estimate of drug-likeness (QED) is 0.770. The molecule has 2 aromatic rings. The third-order valence-electron chi connectivity index (χ3n) is 3.79. The van der Waals surface area contributed by atoms with Crippen molar-refractivity contribution in [2.45, 2.75) is 19.5 Å². The largest absolute Gasteiger partial charge is 0.324 e. The van der Waals surface area contributed by atoms with Crippen LogP contribution in [-0.2, 0) is 6.54 Å². The lowest BCUT2D eigenvalue weighted by Crippen LogP contribution is -2.27. The Morgan fingerprint density at radius 2 is 1.95 bits per heavy atom. The molecule has 3 rings (SSSR count). The van der Waals surface area contributed by atoms with Crippen LogP contribution in [0.25, 0.3) is 0 Å². The molecule has 0 spiro atoms. The molecule has 0 N–H and O–H groups in total. The first-order valence-corrected chi connectivity index (χ1v) is 6.78. The molecule has 0 aromatic heterocycles. The molecule has 1 aliphatic rings. The molecule has 0 fully saturated rings. The first-order chi connectivity index (χ1) is 9.70. The molecule has 100 valence electrons. The van der Waals surface area contributed by atoms with Gasteiger partial charge in [-0.15, -0.1) is 6.58 Å². The molecule has 0 saturated carbocycles. The molecule has 2 heteroatoms. The van der Waals surface area contributed by atoms with Crippen molar-refractivity contribution in [3.63, 3.8) is 0 Å². The molecule has 0 aliphatic carbocycles. The van der Waals surface area contributed by atoms with Gasteiger partial charge in [0.1, 0.15) is 0 Å². The molecular formula is C18H17NO. The summed E-state index contributed by atoms with van der Waals surface area (Å²) in [5.41, 5.74) is 4.21. The van der Waals surface area contributed by atoms with E-state index < -0.39 is 0 Å². The zero-order valence-corrected chi connectivity index (χ0v) is 11.5. The van der Waals surface area contributed by atoms with Gasteiger partial charge >= 0.3 is 0 Å². The average Bonchev–Trinajstić information content (AvgIpc) is 2.78. The highest BCUT2D eigenvalue weighted by Gasteiger charge is 2.31. The second-order valence-corrected chi connectivity index (χ2v) is 5.18. The maximum Gasteiger partial charge on any atom is 0.255 e. The summed E-state index contributed by atoms with van der Waals surface area (Å²) in [6.45, 7) is 6.61. The molecule has 1 heterocycles. The van der Waals surface area contributed by atoms with Crippen molar-refractivity contribution in [2.24, 2.45) is 0 Å². The van der Waals surface area contributed by atoms with Gasteiger partial charge in [0.2, 0.25) is 0 Å². The standard InChI is InChI=1S/C18H17NO/c1-3-17(14-7-5-4-6-8-14)19-12-15-11-13(2)9-10-16(15)18(19)20/h3-11,17H,1,12H2,2H3. The first kappa shape index (κ1) is 12.7. The third kappa shape index (κ3) is 2.03. The van der Waals surface area contributed by atoms with E-state index in [1.165, 1.54) is 5.56 Å². The van der Waals surface area contributed by atoms with Crippen molar-refractivity contribution in [2.75, 3.05) is 0 Å². The number of benzene rings is 2. The van der Waals surface area contributed by atoms with Gasteiger partial charge in [0, 0.05) is 12.1 Å². The fraction of sp³-hybridized carbons (Fsp3) is 0.167. The van der Waals surface area contributed by atoms with Crippen LogP contribution in [0.2, 0.25) is 0 Å². The fourth-order valence-corrected chi connectivity index (χ4v) is 2.79. The minimum absolute atomic E-state index is 0.0728. The predicted molar refractivity (Wildman–Crippen MR) is 80.4 cm³/mol. The highest BCUT2D eigenvalue weighted by atomic mass is 16.2. The van der Waals surface area contributed by atoms with Crippen molar-refractivity contribution >= 4 is 5.91 Å². The molecule has 0 saturated heterocycles. The number of amides is 1. The monoisotopic (exact) mass is 263 g/mol. The molecule has 1 amide bonds. The van der Waals surface area contributed by atoms with E-state index in [-0.39, 0.29) is 11.9 Å². The first-order valence-electron chi connectivity index (χ1n) is 6.78. The van der Waals surface area contributed by atoms with Crippen molar-refractivity contribution in [3.8, 4) is 0 Å². The average molecular weight is 263 g/mol. The van der Waals surface area contributed by atoms with Crippen LogP contribution in [0, 0.1) is 6.92 Å². The van der Waals surface area contributed by atoms with Gasteiger partial charge in [-0.1, -0.05) is 54.1 Å². The summed E-state index contributed by atoms with van der Waals surface area (Å²) < 4.78 is 0. The van der Waals surface area contributed by atoms with Gasteiger partial charge in [-0.2, -0.15) is 0 Å². The van der Waals surface area contributed by atoms with Gasteiger partial charge in [-0.05, 0) is 24.1 Å². The van der Waals surface area contributed by atoms with Crippen LogP contribution >= 0.6 is 0 Å². The van der Waals surface area contributed by atoms with Gasteiger partial charge in [0.25, 0.3) is 5.91 Å². The lowest BCUT2D eigenvalue weighted by Gasteiger charge is -2.25. The Morgan fingerprint density at radius 3 is 2.65 bits per heavy atom. The minimum atomic E-state index is -0.0728. The highest BCUT2D eigenvalue weighted by Crippen LogP contribution is 2.32. The van der Waals surface area contributed by atoms with Crippen molar-refractivity contribution in [1.82, 2.24) is 4.90 Å². The van der Waals surface area contributed by atoms with Crippen LogP contribution in [0.3, 0.4) is 0 Å². The number of hydrogen-bond donors (Lipinski definition) is 0. The van der Waals surface area contributed by atoms with Crippen LogP contribution in [0.1, 0.15) is 33.1 Å². The number of hydrogen-bond acceptors (Lipinski definition) is 1. The summed E-state index contributed by atoms with van der Waals surface area (Å²) in [5, 5.41) is 0. The van der Waals surface area contributed by atoms with E-state index in [2.05, 4.69) is 19.6 Å². The lowest BCUT2D eigenvalue weighted by atomic mass is 10.1. The van der Waals surface area contributed by atoms with Crippen LogP contribution in [0.4, 0.5) is 0 Å². The Morgan fingerprint density at radius 1 is 1.20 bits per heavy atom. The number of aryl methyl sites for hydroxylation is 1. The van der Waals surface area contributed by atoms with Gasteiger partial charge in [-0.3, -0.25) is 4.79 Å². The molecule has 1 aliphatic heterocycles. The van der Waals surface area contributed by atoms with Gasteiger partial charge in [-0.25, -0.2) is 0 Å². The van der Waals surface area contributed by atoms with E-state index in [9.17, 15) is 4.79 Å². The van der Waals surface area contributed by atoms with E-state index in [4.69, 9.17) is 0 Å². The normalized spacial score (nSPS) is 15.1. The van der Waals surface area contributed by atoms with Crippen molar-refractivity contribution < 1.29 is 4.79 Å². The zero-order chi connectivity index (χ0) is 14.1. The van der Waals surface area contributed by atoms with Crippen LogP contribution < -0.4 is 0 Å². The van der Waals surface area contributed by atoms with E-state index in [1.54, 1.807) is 0 Å². The molecule has 20 heavy (non-hydrogen) atoms. The predicted octanol–water partition coefficient (Wildman–Crippen LogP) is 3.88. The Kier molecular flexibility index (Phi) is 3.15.